The maximum absolute atomic E-state index is 12.1. The molecule has 6 heteroatoms. The summed E-state index contributed by atoms with van der Waals surface area (Å²) in [7, 11) is 0. The van der Waals surface area contributed by atoms with Crippen molar-refractivity contribution >= 4 is 12.0 Å². The molecule has 0 aromatic rings. The van der Waals surface area contributed by atoms with Crippen molar-refractivity contribution in [2.75, 3.05) is 32.7 Å². The summed E-state index contributed by atoms with van der Waals surface area (Å²) in [5.74, 6) is -0.498. The van der Waals surface area contributed by atoms with E-state index in [9.17, 15) is 9.59 Å². The molecule has 6 nitrogen and oxygen atoms in total. The molecule has 100 valence electrons. The highest BCUT2D eigenvalue weighted by molar-refractivity contribution is 5.77. The van der Waals surface area contributed by atoms with Gasteiger partial charge in [0, 0.05) is 32.7 Å². The van der Waals surface area contributed by atoms with Crippen LogP contribution in [0.1, 0.15) is 12.8 Å². The van der Waals surface area contributed by atoms with Gasteiger partial charge >= 0.3 is 12.0 Å². The first-order valence-electron chi connectivity index (χ1n) is 6.64. The minimum Gasteiger partial charge on any atom is -0.481 e. The predicted molar refractivity (Wildman–Crippen MR) is 64.2 cm³/mol. The van der Waals surface area contributed by atoms with Gasteiger partial charge in [-0.1, -0.05) is 0 Å². The molecule has 0 aromatic heterocycles. The number of fused-ring (bicyclic) bond motifs is 1. The highest BCUT2D eigenvalue weighted by Gasteiger charge is 2.42. The number of aliphatic carboxylic acids is 1. The van der Waals surface area contributed by atoms with Crippen LogP contribution in [0.5, 0.6) is 0 Å². The first-order valence-corrected chi connectivity index (χ1v) is 6.64. The highest BCUT2D eigenvalue weighted by atomic mass is 16.4. The van der Waals surface area contributed by atoms with Crippen molar-refractivity contribution in [2.45, 2.75) is 18.9 Å². The Labute approximate surface area is 106 Å². The number of hydrogen-bond donors (Lipinski definition) is 2. The fourth-order valence-electron chi connectivity index (χ4n) is 3.24. The molecule has 1 aliphatic carbocycles. The summed E-state index contributed by atoms with van der Waals surface area (Å²) in [6.45, 7) is 4.07. The van der Waals surface area contributed by atoms with E-state index in [1.165, 1.54) is 0 Å². The van der Waals surface area contributed by atoms with Gasteiger partial charge in [-0.15, -0.1) is 0 Å². The van der Waals surface area contributed by atoms with Crippen LogP contribution in [-0.2, 0) is 4.79 Å². The Bertz CT molecular complexity index is 368. The fraction of sp³-hybridized carbons (Fsp3) is 0.833. The van der Waals surface area contributed by atoms with Crippen LogP contribution in [0.3, 0.4) is 0 Å². The van der Waals surface area contributed by atoms with Crippen molar-refractivity contribution in [1.82, 2.24) is 15.1 Å². The second-order valence-corrected chi connectivity index (χ2v) is 5.61. The molecule has 1 unspecified atom stereocenters. The zero-order valence-electron chi connectivity index (χ0n) is 10.3. The van der Waals surface area contributed by atoms with Crippen LogP contribution in [-0.4, -0.2) is 65.7 Å². The second-order valence-electron chi connectivity index (χ2n) is 5.61. The molecule has 2 saturated heterocycles. The van der Waals surface area contributed by atoms with E-state index in [1.807, 2.05) is 9.80 Å². The molecule has 0 aromatic carbocycles. The van der Waals surface area contributed by atoms with Gasteiger partial charge in [0.15, 0.2) is 0 Å². The number of carboxylic acid groups (broad SMARTS) is 1. The number of carbonyl (C=O) groups is 2. The maximum atomic E-state index is 12.1. The van der Waals surface area contributed by atoms with Gasteiger partial charge in [-0.2, -0.15) is 0 Å². The minimum atomic E-state index is -0.694. The summed E-state index contributed by atoms with van der Waals surface area (Å²) in [5, 5.41) is 12.1. The van der Waals surface area contributed by atoms with Gasteiger partial charge in [0.1, 0.15) is 0 Å². The lowest BCUT2D eigenvalue weighted by atomic mass is 9.75. The van der Waals surface area contributed by atoms with Crippen LogP contribution in [0.2, 0.25) is 0 Å². The summed E-state index contributed by atoms with van der Waals surface area (Å²) in [4.78, 5) is 26.7. The molecule has 3 aliphatic rings. The van der Waals surface area contributed by atoms with E-state index in [0.29, 0.717) is 12.0 Å². The van der Waals surface area contributed by atoms with Crippen molar-refractivity contribution in [2.24, 2.45) is 11.8 Å². The van der Waals surface area contributed by atoms with Crippen molar-refractivity contribution in [3.8, 4) is 0 Å². The van der Waals surface area contributed by atoms with Crippen molar-refractivity contribution in [3.63, 3.8) is 0 Å². The third-order valence-electron chi connectivity index (χ3n) is 4.36. The molecular weight excluding hydrogens is 234 g/mol. The van der Waals surface area contributed by atoms with E-state index in [4.69, 9.17) is 5.11 Å². The predicted octanol–water partition coefficient (Wildman–Crippen LogP) is -0.193. The zero-order chi connectivity index (χ0) is 12.7. The molecular formula is C12H19N3O3. The standard InChI is InChI=1S/C12H19N3O3/c16-11(17)9-3-8(4-9)6-14-7-10-5-13-1-2-15(10)12(14)18/h8-10,13H,1-7H2,(H,16,17). The Morgan fingerprint density at radius 3 is 2.89 bits per heavy atom. The second kappa shape index (κ2) is 4.42. The number of nitrogens with zero attached hydrogens (tertiary/aromatic N) is 2. The van der Waals surface area contributed by atoms with Gasteiger partial charge in [-0.25, -0.2) is 4.79 Å². The lowest BCUT2D eigenvalue weighted by Crippen LogP contribution is -2.50. The smallest absolute Gasteiger partial charge is 0.320 e. The highest BCUT2D eigenvalue weighted by Crippen LogP contribution is 2.35. The zero-order valence-corrected chi connectivity index (χ0v) is 10.3. The largest absolute Gasteiger partial charge is 0.481 e. The average Bonchev–Trinajstić information content (AvgIpc) is 2.60. The lowest BCUT2D eigenvalue weighted by molar-refractivity contribution is -0.146. The monoisotopic (exact) mass is 253 g/mol. The lowest BCUT2D eigenvalue weighted by Gasteiger charge is -2.34. The normalized spacial score (nSPS) is 35.3. The third-order valence-corrected chi connectivity index (χ3v) is 4.36. The molecule has 1 saturated carbocycles. The van der Waals surface area contributed by atoms with Crippen molar-refractivity contribution in [3.05, 3.63) is 0 Å². The van der Waals surface area contributed by atoms with Crippen molar-refractivity contribution < 1.29 is 14.7 Å². The van der Waals surface area contributed by atoms with Crippen LogP contribution in [0.25, 0.3) is 0 Å². The van der Waals surface area contributed by atoms with E-state index in [0.717, 1.165) is 45.6 Å². The van der Waals surface area contributed by atoms with Crippen LogP contribution < -0.4 is 5.32 Å². The van der Waals surface area contributed by atoms with E-state index in [2.05, 4.69) is 5.32 Å². The first kappa shape index (κ1) is 11.8. The number of urea groups is 1. The minimum absolute atomic E-state index is 0.139. The molecule has 3 rings (SSSR count). The van der Waals surface area contributed by atoms with Crippen LogP contribution in [0.4, 0.5) is 4.79 Å². The number of hydrogen-bond acceptors (Lipinski definition) is 3. The Kier molecular flexibility index (Phi) is 2.89. The molecule has 2 heterocycles. The molecule has 0 bridgehead atoms. The molecule has 18 heavy (non-hydrogen) atoms. The summed E-state index contributed by atoms with van der Waals surface area (Å²) >= 11 is 0. The van der Waals surface area contributed by atoms with Gasteiger partial charge < -0.3 is 20.2 Å². The van der Waals surface area contributed by atoms with Crippen LogP contribution in [0.15, 0.2) is 0 Å². The maximum Gasteiger partial charge on any atom is 0.320 e. The fourth-order valence-corrected chi connectivity index (χ4v) is 3.24. The Morgan fingerprint density at radius 2 is 2.22 bits per heavy atom. The molecule has 3 fully saturated rings. The van der Waals surface area contributed by atoms with E-state index < -0.39 is 5.97 Å². The van der Waals surface area contributed by atoms with Gasteiger partial charge in [0.25, 0.3) is 0 Å². The summed E-state index contributed by atoms with van der Waals surface area (Å²) in [5.41, 5.74) is 0. The van der Waals surface area contributed by atoms with Gasteiger partial charge in [0.05, 0.1) is 12.0 Å². The average molecular weight is 253 g/mol. The van der Waals surface area contributed by atoms with Gasteiger partial charge in [0.2, 0.25) is 0 Å². The third kappa shape index (κ3) is 1.94. The molecule has 2 aliphatic heterocycles. The van der Waals surface area contributed by atoms with Crippen molar-refractivity contribution in [1.29, 1.82) is 0 Å². The van der Waals surface area contributed by atoms with Crippen LogP contribution >= 0.6 is 0 Å². The number of amides is 2. The molecule has 2 amide bonds. The summed E-state index contributed by atoms with van der Waals surface area (Å²) in [6.07, 6.45) is 1.45. The molecule has 0 radical (unpaired) electrons. The summed E-state index contributed by atoms with van der Waals surface area (Å²) in [6, 6.07) is 0.446. The van der Waals surface area contributed by atoms with Gasteiger partial charge in [-0.3, -0.25) is 4.79 Å². The number of nitrogens with one attached hydrogen (secondary N) is 1. The molecule has 1 atom stereocenters. The SMILES string of the molecule is O=C(O)C1CC(CN2CC3CNCCN3C2=O)C1. The number of carboxylic acids is 1. The van der Waals surface area contributed by atoms with E-state index in [-0.39, 0.29) is 11.9 Å². The van der Waals surface area contributed by atoms with E-state index in [1.54, 1.807) is 0 Å². The Morgan fingerprint density at radius 1 is 1.44 bits per heavy atom. The topological polar surface area (TPSA) is 72.9 Å². The molecule has 0 spiro atoms. The first-order chi connectivity index (χ1) is 8.65. The number of rotatable bonds is 3. The Balaban J connectivity index is 1.52. The van der Waals surface area contributed by atoms with E-state index >= 15 is 0 Å². The van der Waals surface area contributed by atoms with Crippen LogP contribution in [0, 0.1) is 11.8 Å². The number of carbonyl (C=O) groups excluding carboxylic acids is 1. The van der Waals surface area contributed by atoms with Gasteiger partial charge in [-0.05, 0) is 18.8 Å². The Hall–Kier alpha value is -1.30. The number of piperazine rings is 1. The summed E-state index contributed by atoms with van der Waals surface area (Å²) < 4.78 is 0. The quantitative estimate of drug-likeness (QED) is 0.731. The molecule has 2 N–H and O–H groups in total.